The number of hydrogen-bond donors (Lipinski definition) is 0. The van der Waals surface area contributed by atoms with Gasteiger partial charge >= 0.3 is 0 Å². The van der Waals surface area contributed by atoms with E-state index in [1.807, 2.05) is 11.3 Å². The number of rotatable bonds is 7. The Hall–Kier alpha value is -8.50. The van der Waals surface area contributed by atoms with E-state index in [2.05, 4.69) is 254 Å². The first-order valence-corrected chi connectivity index (χ1v) is 24.1. The van der Waals surface area contributed by atoms with Gasteiger partial charge in [-0.1, -0.05) is 206 Å². The average molecular weight is 884 g/mol. The second-order valence-corrected chi connectivity index (χ2v) is 18.9. The maximum atomic E-state index is 7.50. The Morgan fingerprint density at radius 1 is 0.368 bits per heavy atom. The zero-order valence-corrected chi connectivity index (χ0v) is 37.8. The van der Waals surface area contributed by atoms with Gasteiger partial charge in [0.2, 0.25) is 0 Å². The van der Waals surface area contributed by atoms with Crippen molar-refractivity contribution in [1.29, 1.82) is 0 Å². The molecular formula is C65H41NOS. The van der Waals surface area contributed by atoms with E-state index in [0.717, 1.165) is 44.6 Å². The van der Waals surface area contributed by atoms with E-state index in [1.54, 1.807) is 0 Å². The molecular weight excluding hydrogens is 843 g/mol. The Kier molecular flexibility index (Phi) is 8.71. The third kappa shape index (κ3) is 5.70. The fourth-order valence-electron chi connectivity index (χ4n) is 11.4. The van der Waals surface area contributed by atoms with Gasteiger partial charge in [-0.05, 0) is 97.7 Å². The molecule has 0 atom stereocenters. The van der Waals surface area contributed by atoms with Crippen molar-refractivity contribution < 1.29 is 4.42 Å². The van der Waals surface area contributed by atoms with Gasteiger partial charge in [0.25, 0.3) is 0 Å². The SMILES string of the molecule is c1ccc(-c2ccc(N(c3ccc4c(c3)C(c3ccccc3)(c3ccccc3)c3ccccc3-4)c3cccc4c3oc3c(-c5cccc6c5sc5ccccc56)c5ccccc5cc34)cc2)cc1. The topological polar surface area (TPSA) is 16.4 Å². The van der Waals surface area contributed by atoms with Crippen molar-refractivity contribution in [3.63, 3.8) is 0 Å². The lowest BCUT2D eigenvalue weighted by Crippen LogP contribution is -2.28. The van der Waals surface area contributed by atoms with Crippen molar-refractivity contribution >= 4 is 81.3 Å². The third-order valence-electron chi connectivity index (χ3n) is 14.3. The first-order valence-electron chi connectivity index (χ1n) is 23.3. The van der Waals surface area contributed by atoms with Gasteiger partial charge in [0, 0.05) is 53.4 Å². The lowest BCUT2D eigenvalue weighted by atomic mass is 9.67. The first kappa shape index (κ1) is 38.7. The minimum Gasteiger partial charge on any atom is -0.453 e. The third-order valence-corrected chi connectivity index (χ3v) is 15.6. The fourth-order valence-corrected chi connectivity index (χ4v) is 12.6. The van der Waals surface area contributed by atoms with Crippen LogP contribution in [0.3, 0.4) is 0 Å². The molecule has 0 unspecified atom stereocenters. The van der Waals surface area contributed by atoms with Crippen molar-refractivity contribution in [2.75, 3.05) is 4.90 Å². The van der Waals surface area contributed by atoms with Gasteiger partial charge in [-0.25, -0.2) is 0 Å². The van der Waals surface area contributed by atoms with Crippen LogP contribution >= 0.6 is 11.3 Å². The molecule has 13 aromatic rings. The van der Waals surface area contributed by atoms with Gasteiger partial charge in [0.15, 0.2) is 5.58 Å². The predicted molar refractivity (Wildman–Crippen MR) is 287 cm³/mol. The van der Waals surface area contributed by atoms with Gasteiger partial charge in [-0.2, -0.15) is 0 Å². The molecule has 2 nitrogen and oxygen atoms in total. The summed E-state index contributed by atoms with van der Waals surface area (Å²) in [6.07, 6.45) is 0. The number of hydrogen-bond acceptors (Lipinski definition) is 3. The van der Waals surface area contributed by atoms with E-state index < -0.39 is 5.41 Å². The van der Waals surface area contributed by atoms with Crippen LogP contribution in [0, 0.1) is 0 Å². The monoisotopic (exact) mass is 883 g/mol. The molecule has 1 aliphatic rings. The summed E-state index contributed by atoms with van der Waals surface area (Å²) in [5.74, 6) is 0. The van der Waals surface area contributed by atoms with E-state index in [1.165, 1.54) is 81.0 Å². The van der Waals surface area contributed by atoms with Crippen LogP contribution in [-0.2, 0) is 5.41 Å². The van der Waals surface area contributed by atoms with E-state index in [0.29, 0.717) is 0 Å². The number of thiophene rings is 1. The summed E-state index contributed by atoms with van der Waals surface area (Å²) in [5.41, 5.74) is 16.4. The lowest BCUT2D eigenvalue weighted by Gasteiger charge is -2.35. The highest BCUT2D eigenvalue weighted by Crippen LogP contribution is 2.58. The molecule has 0 aliphatic heterocycles. The molecule has 0 fully saturated rings. The van der Waals surface area contributed by atoms with Crippen LogP contribution in [0.4, 0.5) is 17.1 Å². The number of benzene rings is 11. The highest BCUT2D eigenvalue weighted by molar-refractivity contribution is 7.26. The molecule has 2 heterocycles. The zero-order valence-electron chi connectivity index (χ0n) is 36.9. The molecule has 0 radical (unpaired) electrons. The molecule has 0 saturated heterocycles. The van der Waals surface area contributed by atoms with E-state index in [-0.39, 0.29) is 0 Å². The molecule has 11 aromatic carbocycles. The molecule has 1 aliphatic carbocycles. The molecule has 3 heteroatoms. The zero-order chi connectivity index (χ0) is 44.8. The predicted octanol–water partition coefficient (Wildman–Crippen LogP) is 18.3. The molecule has 0 spiro atoms. The smallest absolute Gasteiger partial charge is 0.159 e. The van der Waals surface area contributed by atoms with Crippen LogP contribution in [-0.4, -0.2) is 0 Å². The Morgan fingerprint density at radius 3 is 1.75 bits per heavy atom. The minimum absolute atomic E-state index is 0.554. The van der Waals surface area contributed by atoms with Crippen LogP contribution in [0.1, 0.15) is 22.3 Å². The summed E-state index contributed by atoms with van der Waals surface area (Å²) in [7, 11) is 0. The number of furan rings is 1. The van der Waals surface area contributed by atoms with Crippen LogP contribution < -0.4 is 4.90 Å². The highest BCUT2D eigenvalue weighted by atomic mass is 32.1. The van der Waals surface area contributed by atoms with E-state index >= 15 is 0 Å². The van der Waals surface area contributed by atoms with Crippen molar-refractivity contribution in [2.24, 2.45) is 0 Å². The van der Waals surface area contributed by atoms with E-state index in [9.17, 15) is 0 Å². The molecule has 68 heavy (non-hydrogen) atoms. The average Bonchev–Trinajstić information content (AvgIpc) is 4.08. The Labute approximate surface area is 398 Å². The van der Waals surface area contributed by atoms with Crippen molar-refractivity contribution in [3.05, 3.63) is 271 Å². The van der Waals surface area contributed by atoms with Crippen molar-refractivity contribution in [3.8, 4) is 33.4 Å². The van der Waals surface area contributed by atoms with Crippen LogP contribution in [0.15, 0.2) is 253 Å². The molecule has 0 saturated carbocycles. The summed E-state index contributed by atoms with van der Waals surface area (Å²) in [6, 6.07) is 91.1. The summed E-state index contributed by atoms with van der Waals surface area (Å²) in [6.45, 7) is 0. The maximum Gasteiger partial charge on any atom is 0.159 e. The standard InChI is InChI=1S/C65H41NOS/c1-4-18-42(19-5-1)43-34-36-47(37-35-43)66(48-38-39-51-50-26-12-14-31-57(50)65(58(51)41-48,45-21-6-2-7-22-45)46-23-8-3-9-24-46)59-32-17-28-53-56-40-44-20-10-11-25-49(44)61(63(56)67-62(53)59)55-30-16-29-54-52-27-13-15-33-60(52)68-64(54)55/h1-41H. The normalized spacial score (nSPS) is 12.8. The largest absolute Gasteiger partial charge is 0.453 e. The number of nitrogens with zero attached hydrogens (tertiary/aromatic N) is 1. The van der Waals surface area contributed by atoms with Gasteiger partial charge in [0.05, 0.1) is 11.1 Å². The van der Waals surface area contributed by atoms with Crippen molar-refractivity contribution in [2.45, 2.75) is 5.41 Å². The fraction of sp³-hybridized carbons (Fsp3) is 0.0154. The minimum atomic E-state index is -0.554. The molecule has 14 rings (SSSR count). The van der Waals surface area contributed by atoms with Gasteiger partial charge in [-0.3, -0.25) is 0 Å². The molecule has 0 amide bonds. The quantitative estimate of drug-likeness (QED) is 0.159. The second kappa shape index (κ2) is 15.3. The maximum absolute atomic E-state index is 7.50. The summed E-state index contributed by atoms with van der Waals surface area (Å²) < 4.78 is 10.1. The van der Waals surface area contributed by atoms with Crippen LogP contribution in [0.25, 0.3) is 86.3 Å². The molecule has 0 N–H and O–H groups in total. The van der Waals surface area contributed by atoms with Crippen LogP contribution in [0.5, 0.6) is 0 Å². The Bertz CT molecular complexity index is 4040. The first-order chi connectivity index (χ1) is 33.7. The van der Waals surface area contributed by atoms with Gasteiger partial charge in [-0.15, -0.1) is 11.3 Å². The summed E-state index contributed by atoms with van der Waals surface area (Å²) in [5, 5.41) is 7.10. The number of anilines is 3. The Morgan fingerprint density at radius 2 is 0.956 bits per heavy atom. The summed E-state index contributed by atoms with van der Waals surface area (Å²) in [4.78, 5) is 2.41. The highest BCUT2D eigenvalue weighted by Gasteiger charge is 2.46. The molecule has 2 aromatic heterocycles. The van der Waals surface area contributed by atoms with Crippen LogP contribution in [0.2, 0.25) is 0 Å². The summed E-state index contributed by atoms with van der Waals surface area (Å²) >= 11 is 1.86. The number of para-hydroxylation sites is 1. The van der Waals surface area contributed by atoms with Crippen molar-refractivity contribution in [1.82, 2.24) is 0 Å². The van der Waals surface area contributed by atoms with Gasteiger partial charge < -0.3 is 9.32 Å². The number of fused-ring (bicyclic) bond motifs is 10. The Balaban J connectivity index is 1.05. The second-order valence-electron chi connectivity index (χ2n) is 17.9. The van der Waals surface area contributed by atoms with Gasteiger partial charge in [0.1, 0.15) is 5.58 Å². The molecule has 0 bridgehead atoms. The lowest BCUT2D eigenvalue weighted by molar-refractivity contribution is 0.670. The molecule has 318 valence electrons. The van der Waals surface area contributed by atoms with E-state index in [4.69, 9.17) is 4.42 Å².